The molecule has 0 atom stereocenters. The zero-order valence-electron chi connectivity index (χ0n) is 13.7. The zero-order valence-corrected chi connectivity index (χ0v) is 16.1. The molecule has 0 N–H and O–H groups in total. The van der Waals surface area contributed by atoms with Gasteiger partial charge in [0.15, 0.2) is 4.21 Å². The highest BCUT2D eigenvalue weighted by Crippen LogP contribution is 2.37. The van der Waals surface area contributed by atoms with Crippen molar-refractivity contribution < 1.29 is 13.2 Å². The molecule has 0 unspecified atom stereocenters. The Morgan fingerprint density at radius 2 is 1.76 bits per heavy atom. The Kier molecular flexibility index (Phi) is 5.13. The molecule has 2 aromatic carbocycles. The highest BCUT2D eigenvalue weighted by Gasteiger charge is 2.21. The first-order chi connectivity index (χ1) is 11.9. The van der Waals surface area contributed by atoms with Gasteiger partial charge in [0.1, 0.15) is 17.4 Å². The van der Waals surface area contributed by atoms with E-state index in [-0.39, 0.29) is 4.21 Å². The predicted molar refractivity (Wildman–Crippen MR) is 101 cm³/mol. The van der Waals surface area contributed by atoms with Crippen molar-refractivity contribution in [1.29, 1.82) is 0 Å². The van der Waals surface area contributed by atoms with Crippen LogP contribution in [0.2, 0.25) is 0 Å². The average molecular weight is 394 g/mol. The normalized spacial score (nSPS) is 11.5. The lowest BCUT2D eigenvalue weighted by molar-refractivity contribution is 0.306. The number of halogens is 1. The first kappa shape index (κ1) is 17.9. The Labute approximate surface area is 155 Å². The van der Waals surface area contributed by atoms with Crippen LogP contribution < -0.4 is 4.74 Å². The van der Waals surface area contributed by atoms with Crippen molar-refractivity contribution in [3.05, 3.63) is 65.4 Å². The van der Waals surface area contributed by atoms with Gasteiger partial charge < -0.3 is 4.74 Å². The number of benzene rings is 2. The van der Waals surface area contributed by atoms with Crippen LogP contribution in [-0.2, 0) is 15.7 Å². The second-order valence-electron chi connectivity index (χ2n) is 5.54. The quantitative estimate of drug-likeness (QED) is 0.576. The molecule has 1 heterocycles. The summed E-state index contributed by atoms with van der Waals surface area (Å²) in [7, 11) is 1.67. The van der Waals surface area contributed by atoms with E-state index in [0.717, 1.165) is 28.0 Å². The summed E-state index contributed by atoms with van der Waals surface area (Å²) >= 11 is 1.05. The molecule has 25 heavy (non-hydrogen) atoms. The van der Waals surface area contributed by atoms with Crippen LogP contribution in [0.15, 0.2) is 52.7 Å². The van der Waals surface area contributed by atoms with Crippen LogP contribution in [0.1, 0.15) is 16.8 Å². The zero-order chi connectivity index (χ0) is 18.0. The largest absolute Gasteiger partial charge is 0.488 e. The van der Waals surface area contributed by atoms with Gasteiger partial charge in [-0.3, -0.25) is 0 Å². The standard InChI is InChI=1S/C18H16ClNO3S2/c1-12-7-3-4-8-14(12)11-23-16-10-6-5-9-15(16)17-20-13(2)18(24-17)25(19,21)22/h3-10H,11H2,1-2H3. The van der Waals surface area contributed by atoms with E-state index in [4.69, 9.17) is 15.4 Å². The van der Waals surface area contributed by atoms with Crippen LogP contribution in [0.5, 0.6) is 5.75 Å². The fourth-order valence-electron chi connectivity index (χ4n) is 2.42. The third kappa shape index (κ3) is 4.03. The summed E-state index contributed by atoms with van der Waals surface area (Å²) in [6.07, 6.45) is 0. The van der Waals surface area contributed by atoms with E-state index >= 15 is 0 Å². The smallest absolute Gasteiger partial charge is 0.272 e. The Morgan fingerprint density at radius 1 is 1.08 bits per heavy atom. The summed E-state index contributed by atoms with van der Waals surface area (Å²) in [5, 5.41) is 0.567. The van der Waals surface area contributed by atoms with E-state index in [9.17, 15) is 8.42 Å². The molecule has 0 radical (unpaired) electrons. The maximum Gasteiger partial charge on any atom is 0.272 e. The maximum absolute atomic E-state index is 11.6. The highest BCUT2D eigenvalue weighted by molar-refractivity contribution is 8.15. The van der Waals surface area contributed by atoms with Gasteiger partial charge in [-0.2, -0.15) is 0 Å². The number of hydrogen-bond donors (Lipinski definition) is 0. The number of ether oxygens (including phenoxy) is 1. The number of hydrogen-bond acceptors (Lipinski definition) is 5. The number of thiazole rings is 1. The molecule has 3 aromatic rings. The van der Waals surface area contributed by atoms with Gasteiger partial charge in [0, 0.05) is 10.7 Å². The lowest BCUT2D eigenvalue weighted by Crippen LogP contribution is -1.98. The van der Waals surface area contributed by atoms with E-state index in [1.165, 1.54) is 0 Å². The summed E-state index contributed by atoms with van der Waals surface area (Å²) in [6, 6.07) is 15.4. The van der Waals surface area contributed by atoms with Crippen LogP contribution in [-0.4, -0.2) is 13.4 Å². The van der Waals surface area contributed by atoms with E-state index in [0.29, 0.717) is 23.1 Å². The molecular weight excluding hydrogens is 378 g/mol. The highest BCUT2D eigenvalue weighted by atomic mass is 35.7. The molecule has 4 nitrogen and oxygen atoms in total. The number of aromatic nitrogens is 1. The Morgan fingerprint density at radius 3 is 2.44 bits per heavy atom. The lowest BCUT2D eigenvalue weighted by atomic mass is 10.1. The number of rotatable bonds is 5. The summed E-state index contributed by atoms with van der Waals surface area (Å²) in [5.74, 6) is 0.651. The molecule has 0 spiro atoms. The van der Waals surface area contributed by atoms with Gasteiger partial charge in [-0.1, -0.05) is 36.4 Å². The molecule has 0 amide bonds. The van der Waals surface area contributed by atoms with Crippen molar-refractivity contribution in [3.63, 3.8) is 0 Å². The number of aryl methyl sites for hydroxylation is 2. The summed E-state index contributed by atoms with van der Waals surface area (Å²) in [5.41, 5.74) is 3.39. The predicted octanol–water partition coefficient (Wildman–Crippen LogP) is 4.93. The van der Waals surface area contributed by atoms with Crippen molar-refractivity contribution >= 4 is 31.1 Å². The van der Waals surface area contributed by atoms with Gasteiger partial charge in [0.05, 0.1) is 11.3 Å². The molecular formula is C18H16ClNO3S2. The summed E-state index contributed by atoms with van der Waals surface area (Å²) in [4.78, 5) is 4.36. The van der Waals surface area contributed by atoms with Crippen molar-refractivity contribution in [3.8, 4) is 16.3 Å². The minimum absolute atomic E-state index is 0.0675. The molecule has 0 saturated carbocycles. The van der Waals surface area contributed by atoms with Crippen LogP contribution in [0.4, 0.5) is 0 Å². The fraction of sp³-hybridized carbons (Fsp3) is 0.167. The molecule has 0 saturated heterocycles. The molecule has 0 bridgehead atoms. The molecule has 0 aliphatic heterocycles. The third-order valence-corrected chi connectivity index (χ3v) is 7.11. The molecule has 1 aromatic heterocycles. The number of para-hydroxylation sites is 1. The van der Waals surface area contributed by atoms with E-state index < -0.39 is 9.05 Å². The molecule has 0 aliphatic carbocycles. The van der Waals surface area contributed by atoms with Gasteiger partial charge in [-0.25, -0.2) is 13.4 Å². The number of nitrogens with zero attached hydrogens (tertiary/aromatic N) is 1. The topological polar surface area (TPSA) is 56.3 Å². The van der Waals surface area contributed by atoms with Crippen molar-refractivity contribution in [1.82, 2.24) is 4.98 Å². The van der Waals surface area contributed by atoms with Gasteiger partial charge >= 0.3 is 0 Å². The van der Waals surface area contributed by atoms with Crippen molar-refractivity contribution in [2.24, 2.45) is 0 Å². The van der Waals surface area contributed by atoms with Crippen LogP contribution in [0.3, 0.4) is 0 Å². The maximum atomic E-state index is 11.6. The van der Waals surface area contributed by atoms with Crippen molar-refractivity contribution in [2.75, 3.05) is 0 Å². The Bertz CT molecular complexity index is 1010. The average Bonchev–Trinajstić information content (AvgIpc) is 2.96. The summed E-state index contributed by atoms with van der Waals surface area (Å²) in [6.45, 7) is 4.09. The van der Waals surface area contributed by atoms with Gasteiger partial charge in [0.2, 0.25) is 0 Å². The monoisotopic (exact) mass is 393 g/mol. The molecule has 0 aliphatic rings. The third-order valence-electron chi connectivity index (χ3n) is 3.74. The second kappa shape index (κ2) is 7.15. The van der Waals surface area contributed by atoms with E-state index in [1.54, 1.807) is 6.92 Å². The van der Waals surface area contributed by atoms with E-state index in [1.807, 2.05) is 55.5 Å². The summed E-state index contributed by atoms with van der Waals surface area (Å²) < 4.78 is 29.3. The minimum atomic E-state index is -3.81. The van der Waals surface area contributed by atoms with E-state index in [2.05, 4.69) is 4.98 Å². The van der Waals surface area contributed by atoms with Gasteiger partial charge in [-0.15, -0.1) is 11.3 Å². The molecule has 3 rings (SSSR count). The van der Waals surface area contributed by atoms with Gasteiger partial charge in [0.25, 0.3) is 9.05 Å². The first-order valence-electron chi connectivity index (χ1n) is 7.55. The van der Waals surface area contributed by atoms with Crippen LogP contribution >= 0.6 is 22.0 Å². The van der Waals surface area contributed by atoms with Gasteiger partial charge in [-0.05, 0) is 37.1 Å². The van der Waals surface area contributed by atoms with Crippen LogP contribution in [0.25, 0.3) is 10.6 Å². The molecule has 0 fully saturated rings. The molecule has 7 heteroatoms. The Balaban J connectivity index is 1.93. The molecule has 130 valence electrons. The fourth-order valence-corrected chi connectivity index (χ4v) is 4.90. The SMILES string of the molecule is Cc1ccccc1COc1ccccc1-c1nc(C)c(S(=O)(=O)Cl)s1. The second-order valence-corrected chi connectivity index (χ2v) is 9.30. The minimum Gasteiger partial charge on any atom is -0.488 e. The lowest BCUT2D eigenvalue weighted by Gasteiger charge is -2.11. The van der Waals surface area contributed by atoms with Crippen LogP contribution in [0, 0.1) is 13.8 Å². The van der Waals surface area contributed by atoms with Crippen molar-refractivity contribution in [2.45, 2.75) is 24.7 Å². The Hall–Kier alpha value is -1.89. The first-order valence-corrected chi connectivity index (χ1v) is 10.7.